The molecule has 2 heterocycles. The second kappa shape index (κ2) is 9.42. The molecule has 0 spiro atoms. The van der Waals surface area contributed by atoms with Crippen LogP contribution in [-0.2, 0) is 29.4 Å². The predicted molar refractivity (Wildman–Crippen MR) is 106 cm³/mol. The largest absolute Gasteiger partial charge is 0.462 e. The van der Waals surface area contributed by atoms with E-state index in [0.29, 0.717) is 28.0 Å². The van der Waals surface area contributed by atoms with Gasteiger partial charge in [-0.25, -0.2) is 9.59 Å². The highest BCUT2D eigenvalue weighted by molar-refractivity contribution is 7.99. The number of carbonyl (C=O) groups excluding carboxylic acids is 2. The number of thioether (sulfide) groups is 1. The van der Waals surface area contributed by atoms with Gasteiger partial charge in [0.25, 0.3) is 0 Å². The Morgan fingerprint density at radius 3 is 2.82 bits per heavy atom. The zero-order valence-corrected chi connectivity index (χ0v) is 17.6. The molecule has 0 atom stereocenters. The molecule has 1 aliphatic rings. The summed E-state index contributed by atoms with van der Waals surface area (Å²) in [5.41, 5.74) is 1.09. The number of aryl methyl sites for hydroxylation is 2. The molecule has 0 unspecified atom stereocenters. The van der Waals surface area contributed by atoms with Gasteiger partial charge in [0.15, 0.2) is 7.05 Å². The summed E-state index contributed by atoms with van der Waals surface area (Å²) in [6, 6.07) is 0. The first-order valence-electron chi connectivity index (χ1n) is 9.33. The number of anilines is 1. The summed E-state index contributed by atoms with van der Waals surface area (Å²) in [6.07, 6.45) is 5.25. The van der Waals surface area contributed by atoms with Crippen LogP contribution in [0.2, 0.25) is 0 Å². The smallest absolute Gasteiger partial charge is 0.441 e. The molecule has 0 aliphatic heterocycles. The molecule has 2 aromatic rings. The lowest BCUT2D eigenvalue weighted by molar-refractivity contribution is -0.772. The highest BCUT2D eigenvalue weighted by atomic mass is 32.2. The molecule has 0 saturated carbocycles. The fourth-order valence-corrected chi connectivity index (χ4v) is 5.33. The van der Waals surface area contributed by atoms with Crippen LogP contribution in [0.15, 0.2) is 14.3 Å². The van der Waals surface area contributed by atoms with Crippen molar-refractivity contribution >= 4 is 40.0 Å². The zero-order chi connectivity index (χ0) is 20.1. The first-order valence-corrected chi connectivity index (χ1v) is 11.1. The molecule has 28 heavy (non-hydrogen) atoms. The third-order valence-electron chi connectivity index (χ3n) is 4.48. The lowest BCUT2D eigenvalue weighted by Crippen LogP contribution is -2.33. The molecule has 0 aromatic carbocycles. The molecule has 0 saturated heterocycles. The van der Waals surface area contributed by atoms with E-state index in [-0.39, 0.29) is 18.3 Å². The second-order valence-corrected chi connectivity index (χ2v) is 8.67. The number of H-pyrrole nitrogens is 1. The number of amides is 1. The minimum atomic E-state index is -0.459. The van der Waals surface area contributed by atoms with E-state index in [1.54, 1.807) is 14.0 Å². The van der Waals surface area contributed by atoms with Crippen molar-refractivity contribution in [1.82, 2.24) is 5.27 Å². The molecule has 0 fully saturated rings. The van der Waals surface area contributed by atoms with Gasteiger partial charge >= 0.3 is 16.6 Å². The maximum atomic E-state index is 12.5. The van der Waals surface area contributed by atoms with E-state index < -0.39 is 5.63 Å². The van der Waals surface area contributed by atoms with Gasteiger partial charge in [-0.05, 0) is 55.2 Å². The Balaban J connectivity index is 1.69. The molecule has 152 valence electrons. The average molecular weight is 427 g/mol. The SMILES string of the molecule is CCOC(=O)c1c(NC(=O)CCSc2c(=O)o[nH][n+]2C)sc2c1CCCCC2. The monoisotopic (exact) mass is 426 g/mol. The molecule has 0 radical (unpaired) electrons. The van der Waals surface area contributed by atoms with Gasteiger partial charge in [-0.2, -0.15) is 0 Å². The molecular formula is C18H24N3O5S2+. The van der Waals surface area contributed by atoms with Crippen molar-refractivity contribution in [2.75, 3.05) is 17.7 Å². The van der Waals surface area contributed by atoms with Crippen molar-refractivity contribution in [1.29, 1.82) is 0 Å². The first-order chi connectivity index (χ1) is 13.5. The van der Waals surface area contributed by atoms with Crippen LogP contribution in [0.3, 0.4) is 0 Å². The fourth-order valence-electron chi connectivity index (χ4n) is 3.17. The van der Waals surface area contributed by atoms with Gasteiger partial charge in [0.05, 0.1) is 12.2 Å². The Labute approximate surface area is 170 Å². The third kappa shape index (κ3) is 4.67. The Morgan fingerprint density at radius 2 is 2.11 bits per heavy atom. The standard InChI is InChI=1S/C18H23N3O5S2/c1-3-25-17(23)14-11-7-5-4-6-8-12(11)28-15(14)19-13(22)9-10-27-16-18(24)26-20-21(16)2/h3-10H2,1-2H3,(H-,19,20,22,23,24)/p+1. The van der Waals surface area contributed by atoms with E-state index in [9.17, 15) is 14.4 Å². The summed E-state index contributed by atoms with van der Waals surface area (Å²) in [7, 11) is 1.66. The highest BCUT2D eigenvalue weighted by Gasteiger charge is 2.26. The number of hydrogen-bond donors (Lipinski definition) is 2. The summed E-state index contributed by atoms with van der Waals surface area (Å²) in [5, 5.41) is 6.31. The minimum absolute atomic E-state index is 0.197. The number of aromatic amines is 1. The number of rotatable bonds is 7. The van der Waals surface area contributed by atoms with Crippen molar-refractivity contribution < 1.29 is 23.5 Å². The second-order valence-electron chi connectivity index (χ2n) is 6.48. The van der Waals surface area contributed by atoms with E-state index in [4.69, 9.17) is 4.74 Å². The Bertz CT molecular complexity index is 915. The summed E-state index contributed by atoms with van der Waals surface area (Å²) in [6.45, 7) is 2.07. The fraction of sp³-hybridized carbons (Fsp3) is 0.556. The van der Waals surface area contributed by atoms with Crippen LogP contribution >= 0.6 is 23.1 Å². The predicted octanol–water partition coefficient (Wildman–Crippen LogP) is 2.42. The molecular weight excluding hydrogens is 402 g/mol. The Hall–Kier alpha value is -2.07. The van der Waals surface area contributed by atoms with Crippen LogP contribution in [0.1, 0.15) is 53.4 Å². The van der Waals surface area contributed by atoms with Crippen molar-refractivity contribution in [3.63, 3.8) is 0 Å². The summed E-state index contributed by atoms with van der Waals surface area (Å²) in [5.74, 6) is -0.150. The van der Waals surface area contributed by atoms with Crippen LogP contribution in [0.4, 0.5) is 5.00 Å². The Morgan fingerprint density at radius 1 is 1.32 bits per heavy atom. The highest BCUT2D eigenvalue weighted by Crippen LogP contribution is 2.38. The maximum Gasteiger partial charge on any atom is 0.441 e. The zero-order valence-electron chi connectivity index (χ0n) is 16.0. The number of nitrogens with zero attached hydrogens (tertiary/aromatic N) is 1. The van der Waals surface area contributed by atoms with Crippen molar-refractivity contribution in [2.24, 2.45) is 7.05 Å². The molecule has 1 aliphatic carbocycles. The van der Waals surface area contributed by atoms with Gasteiger partial charge in [-0.1, -0.05) is 11.1 Å². The number of nitrogens with one attached hydrogen (secondary N) is 2. The number of carbonyl (C=O) groups is 2. The number of hydrogen-bond acceptors (Lipinski definition) is 7. The summed E-state index contributed by atoms with van der Waals surface area (Å²) in [4.78, 5) is 37.7. The normalized spacial score (nSPS) is 13.6. The minimum Gasteiger partial charge on any atom is -0.462 e. The van der Waals surface area contributed by atoms with Gasteiger partial charge in [0.2, 0.25) is 5.91 Å². The molecule has 8 nitrogen and oxygen atoms in total. The van der Waals surface area contributed by atoms with E-state index in [2.05, 4.69) is 15.1 Å². The maximum absolute atomic E-state index is 12.5. The number of thiophene rings is 1. The number of ether oxygens (including phenoxy) is 1. The van der Waals surface area contributed by atoms with E-state index in [0.717, 1.165) is 37.7 Å². The van der Waals surface area contributed by atoms with Gasteiger partial charge in [-0.15, -0.1) is 11.3 Å². The number of esters is 1. The van der Waals surface area contributed by atoms with E-state index in [1.165, 1.54) is 32.7 Å². The van der Waals surface area contributed by atoms with Crippen LogP contribution < -0.4 is 15.6 Å². The number of fused-ring (bicyclic) bond motifs is 1. The van der Waals surface area contributed by atoms with Gasteiger partial charge in [-0.3, -0.25) is 9.32 Å². The quantitative estimate of drug-likeness (QED) is 0.305. The molecule has 1 amide bonds. The molecule has 10 heteroatoms. The lowest BCUT2D eigenvalue weighted by atomic mass is 10.1. The average Bonchev–Trinajstić information content (AvgIpc) is 3.05. The van der Waals surface area contributed by atoms with Crippen molar-refractivity contribution in [3.8, 4) is 0 Å². The van der Waals surface area contributed by atoms with Crippen LogP contribution in [-0.4, -0.2) is 29.5 Å². The van der Waals surface area contributed by atoms with Crippen molar-refractivity contribution in [3.05, 3.63) is 26.4 Å². The summed E-state index contributed by atoms with van der Waals surface area (Å²) >= 11 is 2.72. The van der Waals surface area contributed by atoms with E-state index >= 15 is 0 Å². The van der Waals surface area contributed by atoms with Crippen LogP contribution in [0.5, 0.6) is 0 Å². The van der Waals surface area contributed by atoms with Gasteiger partial charge in [0, 0.05) is 17.1 Å². The van der Waals surface area contributed by atoms with Gasteiger partial charge < -0.3 is 10.1 Å². The first kappa shape index (κ1) is 20.7. The van der Waals surface area contributed by atoms with Gasteiger partial charge in [0.1, 0.15) is 5.00 Å². The Kier molecular flexibility index (Phi) is 6.95. The molecule has 3 rings (SSSR count). The third-order valence-corrected chi connectivity index (χ3v) is 6.81. The van der Waals surface area contributed by atoms with Crippen LogP contribution in [0.25, 0.3) is 0 Å². The lowest BCUT2D eigenvalue weighted by Gasteiger charge is -2.08. The molecule has 2 N–H and O–H groups in total. The topological polar surface area (TPSA) is 105 Å². The van der Waals surface area contributed by atoms with E-state index in [1.807, 2.05) is 0 Å². The molecule has 0 bridgehead atoms. The number of aromatic nitrogens is 2. The summed E-state index contributed by atoms with van der Waals surface area (Å²) < 4.78 is 11.4. The van der Waals surface area contributed by atoms with Crippen LogP contribution in [0, 0.1) is 0 Å². The van der Waals surface area contributed by atoms with Crippen molar-refractivity contribution in [2.45, 2.75) is 50.5 Å². The molecule has 2 aromatic heterocycles.